The Morgan fingerprint density at radius 2 is 1.64 bits per heavy atom. The van der Waals surface area contributed by atoms with Crippen molar-refractivity contribution in [3.8, 4) is 5.69 Å². The smallest absolute Gasteiger partial charge is 0.338 e. The molecule has 7 nitrogen and oxygen atoms in total. The van der Waals surface area contributed by atoms with Crippen molar-refractivity contribution >= 4 is 34.3 Å². The topological polar surface area (TPSA) is 76.7 Å². The normalized spacial score (nSPS) is 13.9. The molecule has 0 amide bonds. The second kappa shape index (κ2) is 9.36. The monoisotopic (exact) mass is 517 g/mol. The first-order valence-electron chi connectivity index (χ1n) is 11.0. The molecule has 1 fully saturated rings. The first-order chi connectivity index (χ1) is 17.3. The number of morpholine rings is 1. The third kappa shape index (κ3) is 4.12. The van der Waals surface area contributed by atoms with Gasteiger partial charge in [-0.2, -0.15) is 0 Å². The highest BCUT2D eigenvalue weighted by atomic mass is 35.5. The minimum atomic E-state index is -1.65. The quantitative estimate of drug-likeness (QED) is 0.423. The molecule has 0 unspecified atom stereocenters. The van der Waals surface area contributed by atoms with Gasteiger partial charge in [0.1, 0.15) is 5.52 Å². The fraction of sp³-hybridized carbons (Fsp3) is 0.200. The number of ether oxygens (including phenoxy) is 1. The summed E-state index contributed by atoms with van der Waals surface area (Å²) >= 11 is 6.01. The van der Waals surface area contributed by atoms with Crippen LogP contribution in [0.2, 0.25) is 5.02 Å². The number of anilines is 1. The van der Waals surface area contributed by atoms with Gasteiger partial charge in [-0.15, -0.1) is 0 Å². The number of nitrogens with zero attached hydrogens (tertiary/aromatic N) is 3. The number of rotatable bonds is 5. The molecule has 1 aromatic heterocycles. The van der Waals surface area contributed by atoms with Gasteiger partial charge in [0.25, 0.3) is 0 Å². The highest BCUT2D eigenvalue weighted by molar-refractivity contribution is 6.31. The van der Waals surface area contributed by atoms with E-state index >= 15 is 4.39 Å². The van der Waals surface area contributed by atoms with Gasteiger partial charge >= 0.3 is 11.7 Å². The van der Waals surface area contributed by atoms with Crippen LogP contribution in [0.4, 0.5) is 18.9 Å². The molecular formula is C25H19ClF3N3O4. The van der Waals surface area contributed by atoms with Crippen LogP contribution >= 0.6 is 11.6 Å². The maximum atomic E-state index is 15.2. The third-order valence-electron chi connectivity index (χ3n) is 6.13. The molecule has 1 aliphatic heterocycles. The van der Waals surface area contributed by atoms with Crippen LogP contribution in [0, 0.1) is 17.5 Å². The summed E-state index contributed by atoms with van der Waals surface area (Å²) < 4.78 is 50.9. The average Bonchev–Trinajstić information content (AvgIpc) is 3.15. The summed E-state index contributed by atoms with van der Waals surface area (Å²) in [5.41, 5.74) is -0.153. The predicted octanol–water partition coefficient (Wildman–Crippen LogP) is 4.45. The van der Waals surface area contributed by atoms with Crippen molar-refractivity contribution in [2.75, 3.05) is 31.2 Å². The Bertz CT molecular complexity index is 1540. The van der Waals surface area contributed by atoms with Gasteiger partial charge < -0.3 is 14.7 Å². The summed E-state index contributed by atoms with van der Waals surface area (Å²) in [7, 11) is 0. The van der Waals surface area contributed by atoms with E-state index in [1.807, 2.05) is 12.1 Å². The van der Waals surface area contributed by atoms with E-state index in [1.165, 1.54) is 12.1 Å². The highest BCUT2D eigenvalue weighted by Gasteiger charge is 2.22. The second-order valence-electron chi connectivity index (χ2n) is 8.29. The summed E-state index contributed by atoms with van der Waals surface area (Å²) in [5, 5.41) is 8.99. The number of carboxylic acids is 1. The summed E-state index contributed by atoms with van der Waals surface area (Å²) in [6.45, 7) is 2.31. The first kappa shape index (κ1) is 24.0. The second-order valence-corrected chi connectivity index (χ2v) is 8.70. The molecule has 0 spiro atoms. The maximum Gasteiger partial charge on any atom is 0.338 e. The fourth-order valence-electron chi connectivity index (χ4n) is 4.38. The van der Waals surface area contributed by atoms with Crippen molar-refractivity contribution in [1.29, 1.82) is 0 Å². The SMILES string of the molecule is O=C(O)c1cc(Cn2c(=O)n(-c3ccc(N4CCOCC4)cc3)c3c(F)c(Cl)ccc32)cc(F)c1F. The van der Waals surface area contributed by atoms with Crippen molar-refractivity contribution in [3.05, 3.63) is 92.6 Å². The molecular weight excluding hydrogens is 499 g/mol. The Labute approximate surface area is 207 Å². The summed E-state index contributed by atoms with van der Waals surface area (Å²) in [5.74, 6) is -5.34. The molecule has 0 aliphatic carbocycles. The number of hydrogen-bond acceptors (Lipinski definition) is 4. The Morgan fingerprint density at radius 3 is 2.31 bits per heavy atom. The summed E-state index contributed by atoms with van der Waals surface area (Å²) in [6, 6.07) is 11.5. The Balaban J connectivity index is 1.63. The van der Waals surface area contributed by atoms with Crippen LogP contribution in [0.1, 0.15) is 15.9 Å². The molecule has 1 saturated heterocycles. The van der Waals surface area contributed by atoms with Crippen LogP contribution in [0.25, 0.3) is 16.7 Å². The Kier molecular flexibility index (Phi) is 6.23. The third-order valence-corrected chi connectivity index (χ3v) is 6.42. The number of aromatic nitrogens is 2. The lowest BCUT2D eigenvalue weighted by Crippen LogP contribution is -2.36. The molecule has 3 aromatic carbocycles. The van der Waals surface area contributed by atoms with Crippen LogP contribution in [0.3, 0.4) is 0 Å². The summed E-state index contributed by atoms with van der Waals surface area (Å²) in [6.07, 6.45) is 0. The van der Waals surface area contributed by atoms with Crippen molar-refractivity contribution < 1.29 is 27.8 Å². The largest absolute Gasteiger partial charge is 0.478 e. The van der Waals surface area contributed by atoms with Crippen molar-refractivity contribution in [3.63, 3.8) is 0 Å². The number of carbonyl (C=O) groups is 1. The van der Waals surface area contributed by atoms with Crippen molar-refractivity contribution in [2.45, 2.75) is 6.54 Å². The van der Waals surface area contributed by atoms with E-state index in [0.29, 0.717) is 18.9 Å². The van der Waals surface area contributed by atoms with Gasteiger partial charge in [-0.1, -0.05) is 11.6 Å². The molecule has 36 heavy (non-hydrogen) atoms. The Morgan fingerprint density at radius 1 is 0.972 bits per heavy atom. The lowest BCUT2D eigenvalue weighted by Gasteiger charge is -2.28. The number of aromatic carboxylic acids is 1. The molecule has 5 rings (SSSR count). The van der Waals surface area contributed by atoms with Crippen LogP contribution in [-0.2, 0) is 11.3 Å². The number of carboxylic acid groups (broad SMARTS) is 1. The highest BCUT2D eigenvalue weighted by Crippen LogP contribution is 2.28. The van der Waals surface area contributed by atoms with Crippen molar-refractivity contribution in [2.24, 2.45) is 0 Å². The minimum absolute atomic E-state index is 0.0190. The molecule has 1 aliphatic rings. The maximum absolute atomic E-state index is 15.2. The van der Waals surface area contributed by atoms with E-state index in [1.54, 1.807) is 12.1 Å². The molecule has 186 valence electrons. The predicted molar refractivity (Wildman–Crippen MR) is 128 cm³/mol. The van der Waals surface area contributed by atoms with Crippen LogP contribution in [0.5, 0.6) is 0 Å². The number of hydrogen-bond donors (Lipinski definition) is 1. The van der Waals surface area contributed by atoms with Crippen molar-refractivity contribution in [1.82, 2.24) is 9.13 Å². The van der Waals surface area contributed by atoms with Crippen LogP contribution in [-0.4, -0.2) is 46.5 Å². The zero-order valence-corrected chi connectivity index (χ0v) is 19.4. The van der Waals surface area contributed by atoms with Crippen LogP contribution in [0.15, 0.2) is 53.3 Å². The zero-order chi connectivity index (χ0) is 25.6. The minimum Gasteiger partial charge on any atom is -0.478 e. The molecule has 0 bridgehead atoms. The van der Waals surface area contributed by atoms with E-state index < -0.39 is 34.7 Å². The number of fused-ring (bicyclic) bond motifs is 1. The number of halogens is 4. The number of imidazole rings is 1. The molecule has 1 N–H and O–H groups in total. The molecule has 0 saturated carbocycles. The van der Waals surface area contributed by atoms with E-state index in [-0.39, 0.29) is 28.2 Å². The van der Waals surface area contributed by atoms with Crippen LogP contribution < -0.4 is 10.6 Å². The molecule has 4 aromatic rings. The molecule has 2 heterocycles. The average molecular weight is 518 g/mol. The van der Waals surface area contributed by atoms with Gasteiger partial charge in [-0.3, -0.25) is 9.13 Å². The van der Waals surface area contributed by atoms with Gasteiger partial charge in [-0.05, 0) is 54.1 Å². The van der Waals surface area contributed by atoms with Gasteiger partial charge in [-0.25, -0.2) is 22.8 Å². The van der Waals surface area contributed by atoms with E-state index in [4.69, 9.17) is 16.3 Å². The van der Waals surface area contributed by atoms with E-state index in [2.05, 4.69) is 4.90 Å². The lowest BCUT2D eigenvalue weighted by molar-refractivity contribution is 0.0690. The standard InChI is InChI=1S/C25H19ClF3N3O4/c26-18-5-6-20-23(22(18)29)32(16-3-1-15(2-4-16)30-7-9-36-10-8-30)25(35)31(20)13-14-11-17(24(33)34)21(28)19(27)12-14/h1-6,11-12H,7-10,13H2,(H,33,34). The summed E-state index contributed by atoms with van der Waals surface area (Å²) in [4.78, 5) is 27.0. The molecule has 0 atom stereocenters. The fourth-order valence-corrected chi connectivity index (χ4v) is 4.53. The van der Waals surface area contributed by atoms with Gasteiger partial charge in [0.05, 0.1) is 41.5 Å². The van der Waals surface area contributed by atoms with Gasteiger partial charge in [0, 0.05) is 18.8 Å². The number of benzene rings is 3. The van der Waals surface area contributed by atoms with E-state index in [9.17, 15) is 23.5 Å². The van der Waals surface area contributed by atoms with Gasteiger partial charge in [0.2, 0.25) is 0 Å². The Hall–Kier alpha value is -3.76. The lowest BCUT2D eigenvalue weighted by atomic mass is 10.1. The van der Waals surface area contributed by atoms with E-state index in [0.717, 1.165) is 40.0 Å². The molecule has 0 radical (unpaired) electrons. The molecule has 11 heteroatoms. The first-order valence-corrected chi connectivity index (χ1v) is 11.4. The van der Waals surface area contributed by atoms with Gasteiger partial charge in [0.15, 0.2) is 17.5 Å². The zero-order valence-electron chi connectivity index (χ0n) is 18.7.